The average molecular weight is 317 g/mol. The van der Waals surface area contributed by atoms with Crippen molar-refractivity contribution in [3.8, 4) is 0 Å². The topological polar surface area (TPSA) is 37.8 Å². The van der Waals surface area contributed by atoms with Gasteiger partial charge < -0.3 is 5.32 Å². The number of nitrogens with zero attached hydrogens (tertiary/aromatic N) is 2. The molecule has 0 aromatic carbocycles. The van der Waals surface area contributed by atoms with Crippen LogP contribution in [-0.2, 0) is 5.41 Å². The van der Waals surface area contributed by atoms with E-state index >= 15 is 0 Å². The van der Waals surface area contributed by atoms with Crippen molar-refractivity contribution < 1.29 is 0 Å². The Balaban J connectivity index is 1.85. The summed E-state index contributed by atoms with van der Waals surface area (Å²) in [7, 11) is 0. The predicted molar refractivity (Wildman–Crippen MR) is 92.5 cm³/mol. The van der Waals surface area contributed by atoms with Crippen molar-refractivity contribution >= 4 is 38.6 Å². The summed E-state index contributed by atoms with van der Waals surface area (Å²) in [6, 6.07) is 4.28. The number of fused-ring (bicyclic) bond motifs is 1. The average Bonchev–Trinajstić information content (AvgIpc) is 3.07. The van der Waals surface area contributed by atoms with E-state index in [1.807, 2.05) is 12.3 Å². The quantitative estimate of drug-likeness (QED) is 0.719. The smallest absolute Gasteiger partial charge is 0.115 e. The molecule has 1 unspecified atom stereocenters. The lowest BCUT2D eigenvalue weighted by molar-refractivity contribution is 0.569. The molecule has 0 amide bonds. The van der Waals surface area contributed by atoms with E-state index in [9.17, 15) is 0 Å². The number of hydrogen-bond acceptors (Lipinski definition) is 5. The highest BCUT2D eigenvalue weighted by molar-refractivity contribution is 7.17. The summed E-state index contributed by atoms with van der Waals surface area (Å²) in [5, 5.41) is 8.94. The molecule has 0 aliphatic heterocycles. The molecule has 0 saturated heterocycles. The molecule has 3 nitrogen and oxygen atoms in total. The van der Waals surface area contributed by atoms with E-state index in [2.05, 4.69) is 54.8 Å². The van der Waals surface area contributed by atoms with Crippen LogP contribution in [0.4, 0.5) is 5.69 Å². The Hall–Kier alpha value is -1.46. The molecule has 0 fully saturated rings. The number of pyridine rings is 1. The first-order valence-electron chi connectivity index (χ1n) is 7.00. The van der Waals surface area contributed by atoms with Crippen molar-refractivity contribution in [2.75, 3.05) is 5.32 Å². The van der Waals surface area contributed by atoms with Crippen molar-refractivity contribution in [1.82, 2.24) is 9.97 Å². The molecule has 21 heavy (non-hydrogen) atoms. The molecule has 0 spiro atoms. The zero-order chi connectivity index (χ0) is 15.0. The Labute approximate surface area is 133 Å². The lowest BCUT2D eigenvalue weighted by Gasteiger charge is -2.16. The van der Waals surface area contributed by atoms with Gasteiger partial charge in [-0.15, -0.1) is 22.7 Å². The highest BCUT2D eigenvalue weighted by Gasteiger charge is 2.19. The van der Waals surface area contributed by atoms with Gasteiger partial charge >= 0.3 is 0 Å². The second-order valence-electron chi connectivity index (χ2n) is 6.18. The van der Waals surface area contributed by atoms with Crippen molar-refractivity contribution in [1.29, 1.82) is 0 Å². The van der Waals surface area contributed by atoms with E-state index in [0.29, 0.717) is 0 Å². The molecule has 0 radical (unpaired) electrons. The molecule has 110 valence electrons. The molecular formula is C16H19N3S2. The van der Waals surface area contributed by atoms with Gasteiger partial charge in [0.25, 0.3) is 0 Å². The van der Waals surface area contributed by atoms with Crippen LogP contribution in [-0.4, -0.2) is 9.97 Å². The van der Waals surface area contributed by atoms with Crippen LogP contribution in [0.3, 0.4) is 0 Å². The van der Waals surface area contributed by atoms with E-state index in [4.69, 9.17) is 4.98 Å². The van der Waals surface area contributed by atoms with Gasteiger partial charge in [-0.25, -0.2) is 4.98 Å². The van der Waals surface area contributed by atoms with Crippen LogP contribution in [0.2, 0.25) is 0 Å². The van der Waals surface area contributed by atoms with E-state index in [1.54, 1.807) is 22.7 Å². The molecule has 3 rings (SSSR count). The maximum absolute atomic E-state index is 4.79. The zero-order valence-electron chi connectivity index (χ0n) is 12.7. The SMILES string of the molecule is CC(Nc1ccnc2ccsc12)c1nc(C(C)(C)C)cs1. The number of thiophene rings is 1. The summed E-state index contributed by atoms with van der Waals surface area (Å²) in [6.07, 6.45) is 1.85. The highest BCUT2D eigenvalue weighted by Crippen LogP contribution is 2.32. The standard InChI is InChI=1S/C16H19N3S2/c1-10(15-19-13(9-21-15)16(2,3)4)18-12-5-7-17-11-6-8-20-14(11)12/h5-10H,1-4H3,(H,17,18). The summed E-state index contributed by atoms with van der Waals surface area (Å²) in [5.74, 6) is 0. The maximum atomic E-state index is 4.79. The number of hydrogen-bond donors (Lipinski definition) is 1. The fourth-order valence-electron chi connectivity index (χ4n) is 2.11. The monoisotopic (exact) mass is 317 g/mol. The number of rotatable bonds is 3. The van der Waals surface area contributed by atoms with Gasteiger partial charge in [-0.05, 0) is 24.4 Å². The first kappa shape index (κ1) is 14.5. The largest absolute Gasteiger partial charge is 0.375 e. The third-order valence-corrected chi connectivity index (χ3v) is 5.34. The summed E-state index contributed by atoms with van der Waals surface area (Å²) in [6.45, 7) is 8.75. The van der Waals surface area contributed by atoms with Gasteiger partial charge in [-0.3, -0.25) is 4.98 Å². The number of aromatic nitrogens is 2. The highest BCUT2D eigenvalue weighted by atomic mass is 32.1. The number of nitrogens with one attached hydrogen (secondary N) is 1. The van der Waals surface area contributed by atoms with Gasteiger partial charge in [0.05, 0.1) is 27.6 Å². The zero-order valence-corrected chi connectivity index (χ0v) is 14.3. The molecule has 0 saturated carbocycles. The predicted octanol–water partition coefficient (Wildman–Crippen LogP) is 5.22. The van der Waals surface area contributed by atoms with E-state index in [-0.39, 0.29) is 11.5 Å². The van der Waals surface area contributed by atoms with E-state index in [1.165, 1.54) is 4.70 Å². The van der Waals surface area contributed by atoms with Crippen LogP contribution < -0.4 is 5.32 Å². The molecule has 3 aromatic rings. The fourth-order valence-corrected chi connectivity index (χ4v) is 3.99. The van der Waals surface area contributed by atoms with Crippen LogP contribution in [0.1, 0.15) is 44.4 Å². The third kappa shape index (κ3) is 2.94. The first-order valence-corrected chi connectivity index (χ1v) is 8.76. The summed E-state index contributed by atoms with van der Waals surface area (Å²) in [4.78, 5) is 9.16. The third-order valence-electron chi connectivity index (χ3n) is 3.38. The van der Waals surface area contributed by atoms with Crippen molar-refractivity contribution in [3.63, 3.8) is 0 Å². The lowest BCUT2D eigenvalue weighted by atomic mass is 9.93. The van der Waals surface area contributed by atoms with Crippen LogP contribution in [0.15, 0.2) is 29.1 Å². The van der Waals surface area contributed by atoms with Gasteiger partial charge in [0, 0.05) is 17.0 Å². The summed E-state index contributed by atoms with van der Waals surface area (Å²) >= 11 is 3.44. The number of anilines is 1. The van der Waals surface area contributed by atoms with Gasteiger partial charge in [0.1, 0.15) is 5.01 Å². The molecule has 0 aliphatic rings. The molecule has 0 aliphatic carbocycles. The molecular weight excluding hydrogens is 298 g/mol. The fraction of sp³-hybridized carbons (Fsp3) is 0.375. The Morgan fingerprint density at radius 2 is 2.00 bits per heavy atom. The van der Waals surface area contributed by atoms with Crippen LogP contribution in [0.5, 0.6) is 0 Å². The van der Waals surface area contributed by atoms with E-state index < -0.39 is 0 Å². The molecule has 5 heteroatoms. The van der Waals surface area contributed by atoms with Gasteiger partial charge in [0.2, 0.25) is 0 Å². The molecule has 1 N–H and O–H groups in total. The molecule has 3 aromatic heterocycles. The van der Waals surface area contributed by atoms with Crippen LogP contribution in [0, 0.1) is 0 Å². The molecule has 3 heterocycles. The molecule has 0 bridgehead atoms. The van der Waals surface area contributed by atoms with Crippen molar-refractivity contribution in [2.45, 2.75) is 39.2 Å². The number of thiazole rings is 1. The van der Waals surface area contributed by atoms with E-state index in [0.717, 1.165) is 21.9 Å². The van der Waals surface area contributed by atoms with Gasteiger partial charge in [0.15, 0.2) is 0 Å². The minimum absolute atomic E-state index is 0.103. The summed E-state index contributed by atoms with van der Waals surface area (Å²) < 4.78 is 1.21. The first-order chi connectivity index (χ1) is 9.95. The summed E-state index contributed by atoms with van der Waals surface area (Å²) in [5.41, 5.74) is 3.44. The van der Waals surface area contributed by atoms with Crippen molar-refractivity contribution in [2.24, 2.45) is 0 Å². The molecule has 1 atom stereocenters. The Morgan fingerprint density at radius 3 is 2.71 bits per heavy atom. The van der Waals surface area contributed by atoms with Crippen LogP contribution >= 0.6 is 22.7 Å². The van der Waals surface area contributed by atoms with Crippen molar-refractivity contribution in [3.05, 3.63) is 39.8 Å². The Morgan fingerprint density at radius 1 is 1.19 bits per heavy atom. The minimum atomic E-state index is 0.103. The Kier molecular flexibility index (Phi) is 3.71. The van der Waals surface area contributed by atoms with Gasteiger partial charge in [-0.2, -0.15) is 0 Å². The van der Waals surface area contributed by atoms with Crippen LogP contribution in [0.25, 0.3) is 10.2 Å². The maximum Gasteiger partial charge on any atom is 0.115 e. The van der Waals surface area contributed by atoms with Gasteiger partial charge in [-0.1, -0.05) is 20.8 Å². The second kappa shape index (κ2) is 5.39. The minimum Gasteiger partial charge on any atom is -0.375 e. The lowest BCUT2D eigenvalue weighted by Crippen LogP contribution is -2.13. The normalized spacial score (nSPS) is 13.5. The second-order valence-corrected chi connectivity index (χ2v) is 7.99. The Bertz CT molecular complexity index is 752.